The summed E-state index contributed by atoms with van der Waals surface area (Å²) in [6, 6.07) is 7.40. The first-order valence-electron chi connectivity index (χ1n) is 8.23. The lowest BCUT2D eigenvalue weighted by atomic mass is 9.86. The molecule has 2 rings (SSSR count). The summed E-state index contributed by atoms with van der Waals surface area (Å²) >= 11 is 0. The fourth-order valence-corrected chi connectivity index (χ4v) is 3.00. The SMILES string of the molecule is COc1cc(/C=C(\C#N)C(=O)N[C@H]2CCCC[C@H]2C)cc(OC)c1. The maximum Gasteiger partial charge on any atom is 0.262 e. The summed E-state index contributed by atoms with van der Waals surface area (Å²) in [4.78, 5) is 12.4. The van der Waals surface area contributed by atoms with Crippen LogP contribution in [0.2, 0.25) is 0 Å². The zero-order valence-electron chi connectivity index (χ0n) is 14.5. The summed E-state index contributed by atoms with van der Waals surface area (Å²) < 4.78 is 10.4. The molecule has 1 aromatic rings. The average Bonchev–Trinajstić information content (AvgIpc) is 2.61. The number of carbonyl (C=O) groups excluding carboxylic acids is 1. The molecule has 128 valence electrons. The van der Waals surface area contributed by atoms with E-state index in [0.29, 0.717) is 23.0 Å². The van der Waals surface area contributed by atoms with Gasteiger partial charge in [0.05, 0.1) is 14.2 Å². The molecule has 1 aromatic carbocycles. The lowest BCUT2D eigenvalue weighted by Crippen LogP contribution is -2.41. The second-order valence-corrected chi connectivity index (χ2v) is 6.16. The zero-order valence-corrected chi connectivity index (χ0v) is 14.5. The van der Waals surface area contributed by atoms with Crippen LogP contribution in [-0.4, -0.2) is 26.2 Å². The quantitative estimate of drug-likeness (QED) is 0.665. The Hall–Kier alpha value is -2.48. The Morgan fingerprint density at radius 1 is 1.21 bits per heavy atom. The van der Waals surface area contributed by atoms with Gasteiger partial charge in [0.1, 0.15) is 23.1 Å². The van der Waals surface area contributed by atoms with Crippen LogP contribution in [0.3, 0.4) is 0 Å². The number of hydrogen-bond donors (Lipinski definition) is 1. The minimum atomic E-state index is -0.321. The minimum absolute atomic E-state index is 0.0862. The van der Waals surface area contributed by atoms with Gasteiger partial charge in [-0.1, -0.05) is 19.8 Å². The van der Waals surface area contributed by atoms with Crippen molar-refractivity contribution in [2.75, 3.05) is 14.2 Å². The highest BCUT2D eigenvalue weighted by atomic mass is 16.5. The van der Waals surface area contributed by atoms with E-state index in [0.717, 1.165) is 19.3 Å². The van der Waals surface area contributed by atoms with Crippen molar-refractivity contribution in [2.24, 2.45) is 5.92 Å². The first-order chi connectivity index (χ1) is 11.6. The Morgan fingerprint density at radius 2 is 1.83 bits per heavy atom. The van der Waals surface area contributed by atoms with Crippen LogP contribution in [0.1, 0.15) is 38.2 Å². The molecule has 1 saturated carbocycles. The molecule has 0 unspecified atom stereocenters. The van der Waals surface area contributed by atoms with Crippen molar-refractivity contribution >= 4 is 12.0 Å². The number of benzene rings is 1. The van der Waals surface area contributed by atoms with Crippen LogP contribution in [0.25, 0.3) is 6.08 Å². The van der Waals surface area contributed by atoms with E-state index in [1.165, 1.54) is 6.42 Å². The average molecular weight is 328 g/mol. The van der Waals surface area contributed by atoms with Crippen molar-refractivity contribution < 1.29 is 14.3 Å². The largest absolute Gasteiger partial charge is 0.497 e. The van der Waals surface area contributed by atoms with Gasteiger partial charge in [-0.3, -0.25) is 4.79 Å². The fourth-order valence-electron chi connectivity index (χ4n) is 3.00. The van der Waals surface area contributed by atoms with E-state index in [-0.39, 0.29) is 17.5 Å². The molecular weight excluding hydrogens is 304 g/mol. The minimum Gasteiger partial charge on any atom is -0.497 e. The summed E-state index contributed by atoms with van der Waals surface area (Å²) in [6.45, 7) is 2.15. The Balaban J connectivity index is 2.19. The molecule has 5 nitrogen and oxygen atoms in total. The van der Waals surface area contributed by atoms with Gasteiger partial charge >= 0.3 is 0 Å². The topological polar surface area (TPSA) is 71.3 Å². The predicted octanol–water partition coefficient (Wildman–Crippen LogP) is 3.31. The number of carbonyl (C=O) groups is 1. The predicted molar refractivity (Wildman–Crippen MR) is 92.7 cm³/mol. The lowest BCUT2D eigenvalue weighted by molar-refractivity contribution is -0.118. The number of ether oxygens (including phenoxy) is 2. The molecule has 0 radical (unpaired) electrons. The first-order valence-corrected chi connectivity index (χ1v) is 8.23. The maximum absolute atomic E-state index is 12.4. The molecular formula is C19H24N2O3. The van der Waals surface area contributed by atoms with E-state index >= 15 is 0 Å². The highest BCUT2D eigenvalue weighted by molar-refractivity contribution is 6.01. The van der Waals surface area contributed by atoms with E-state index in [1.807, 2.05) is 6.07 Å². The molecule has 0 aromatic heterocycles. The van der Waals surface area contributed by atoms with E-state index in [1.54, 1.807) is 38.5 Å². The van der Waals surface area contributed by atoms with Crippen molar-refractivity contribution in [3.05, 3.63) is 29.3 Å². The van der Waals surface area contributed by atoms with Crippen molar-refractivity contribution in [1.29, 1.82) is 5.26 Å². The van der Waals surface area contributed by atoms with Crippen LogP contribution >= 0.6 is 0 Å². The fraction of sp³-hybridized carbons (Fsp3) is 0.474. The van der Waals surface area contributed by atoms with E-state index in [2.05, 4.69) is 12.2 Å². The lowest BCUT2D eigenvalue weighted by Gasteiger charge is -2.29. The summed E-state index contributed by atoms with van der Waals surface area (Å²) in [5.41, 5.74) is 0.776. The highest BCUT2D eigenvalue weighted by Gasteiger charge is 2.24. The van der Waals surface area contributed by atoms with Gasteiger partial charge < -0.3 is 14.8 Å². The second-order valence-electron chi connectivity index (χ2n) is 6.16. The molecule has 1 aliphatic rings. The van der Waals surface area contributed by atoms with Crippen molar-refractivity contribution in [2.45, 2.75) is 38.6 Å². The summed E-state index contributed by atoms with van der Waals surface area (Å²) in [5, 5.41) is 12.4. The molecule has 2 atom stereocenters. The van der Waals surface area contributed by atoms with Crippen LogP contribution in [0, 0.1) is 17.2 Å². The van der Waals surface area contributed by atoms with Crippen LogP contribution < -0.4 is 14.8 Å². The number of amides is 1. The molecule has 0 heterocycles. The van der Waals surface area contributed by atoms with Gasteiger partial charge in [0.25, 0.3) is 5.91 Å². The second kappa shape index (κ2) is 8.39. The van der Waals surface area contributed by atoms with Gasteiger partial charge in [-0.15, -0.1) is 0 Å². The van der Waals surface area contributed by atoms with Gasteiger partial charge in [-0.05, 0) is 42.5 Å². The Kier molecular flexibility index (Phi) is 6.25. The number of methoxy groups -OCH3 is 2. The molecule has 1 aliphatic carbocycles. The monoisotopic (exact) mass is 328 g/mol. The first kappa shape index (κ1) is 17.9. The number of hydrogen-bond acceptors (Lipinski definition) is 4. The van der Waals surface area contributed by atoms with E-state index in [4.69, 9.17) is 9.47 Å². The van der Waals surface area contributed by atoms with Crippen LogP contribution in [0.15, 0.2) is 23.8 Å². The summed E-state index contributed by atoms with van der Waals surface area (Å²) in [5.74, 6) is 1.34. The van der Waals surface area contributed by atoms with Crippen LogP contribution in [-0.2, 0) is 4.79 Å². The van der Waals surface area contributed by atoms with Gasteiger partial charge in [0.15, 0.2) is 0 Å². The molecule has 1 fully saturated rings. The van der Waals surface area contributed by atoms with Gasteiger partial charge in [-0.25, -0.2) is 0 Å². The third kappa shape index (κ3) is 4.51. The summed E-state index contributed by atoms with van der Waals surface area (Å²) in [7, 11) is 3.12. The Morgan fingerprint density at radius 3 is 2.38 bits per heavy atom. The van der Waals surface area contributed by atoms with Crippen LogP contribution in [0.4, 0.5) is 0 Å². The molecule has 1 N–H and O–H groups in total. The Bertz CT molecular complexity index is 639. The smallest absolute Gasteiger partial charge is 0.262 e. The Labute approximate surface area is 143 Å². The molecule has 0 saturated heterocycles. The number of nitriles is 1. The molecule has 0 bridgehead atoms. The number of nitrogens with zero attached hydrogens (tertiary/aromatic N) is 1. The standard InChI is InChI=1S/C19H24N2O3/c1-13-6-4-5-7-18(13)21-19(22)15(12-20)8-14-9-16(23-2)11-17(10-14)24-3/h8-11,13,18H,4-7H2,1-3H3,(H,21,22)/b15-8+/t13-,18+/m1/s1. The molecule has 24 heavy (non-hydrogen) atoms. The van der Waals surface area contributed by atoms with Crippen molar-refractivity contribution in [3.63, 3.8) is 0 Å². The number of rotatable bonds is 5. The van der Waals surface area contributed by atoms with Gasteiger partial charge in [0, 0.05) is 12.1 Å². The third-order valence-electron chi connectivity index (χ3n) is 4.48. The van der Waals surface area contributed by atoms with Gasteiger partial charge in [0.2, 0.25) is 0 Å². The maximum atomic E-state index is 12.4. The zero-order chi connectivity index (χ0) is 17.5. The van der Waals surface area contributed by atoms with Crippen molar-refractivity contribution in [3.8, 4) is 17.6 Å². The number of nitrogens with one attached hydrogen (secondary N) is 1. The van der Waals surface area contributed by atoms with E-state index in [9.17, 15) is 10.1 Å². The highest BCUT2D eigenvalue weighted by Crippen LogP contribution is 2.25. The van der Waals surface area contributed by atoms with Crippen LogP contribution in [0.5, 0.6) is 11.5 Å². The third-order valence-corrected chi connectivity index (χ3v) is 4.48. The van der Waals surface area contributed by atoms with E-state index < -0.39 is 0 Å². The molecule has 5 heteroatoms. The van der Waals surface area contributed by atoms with Crippen molar-refractivity contribution in [1.82, 2.24) is 5.32 Å². The van der Waals surface area contributed by atoms with Gasteiger partial charge in [-0.2, -0.15) is 5.26 Å². The molecule has 0 spiro atoms. The molecule has 1 amide bonds. The normalized spacial score (nSPS) is 20.8. The summed E-state index contributed by atoms with van der Waals surface area (Å²) in [6.07, 6.45) is 5.97. The molecule has 0 aliphatic heterocycles.